The summed E-state index contributed by atoms with van der Waals surface area (Å²) in [5.41, 5.74) is 2.94. The lowest BCUT2D eigenvalue weighted by Crippen LogP contribution is -2.45. The minimum atomic E-state index is -3.75. The van der Waals surface area contributed by atoms with Crippen LogP contribution in [0.2, 0.25) is 0 Å². The van der Waals surface area contributed by atoms with Crippen molar-refractivity contribution in [3.8, 4) is 0 Å². The van der Waals surface area contributed by atoms with Crippen LogP contribution in [0.25, 0.3) is 0 Å². The smallest absolute Gasteiger partial charge is 0.248 e. The Morgan fingerprint density at radius 3 is 2.04 bits per heavy atom. The van der Waals surface area contributed by atoms with Crippen LogP contribution in [0.3, 0.4) is 0 Å². The summed E-state index contributed by atoms with van der Waals surface area (Å²) >= 11 is 0. The molecule has 1 amide bonds. The van der Waals surface area contributed by atoms with Crippen LogP contribution in [0.1, 0.15) is 31.9 Å². The third-order valence-corrected chi connectivity index (χ3v) is 5.66. The molecule has 0 aromatic heterocycles. The lowest BCUT2D eigenvalue weighted by Gasteiger charge is -2.28. The molecular weight excluding hydrogens is 367 g/mol. The second kappa shape index (κ2) is 8.52. The van der Waals surface area contributed by atoms with Crippen molar-refractivity contribution < 1.29 is 17.6 Å². The maximum Gasteiger partial charge on any atom is 0.248 e. The first-order valence-electron chi connectivity index (χ1n) is 8.85. The van der Waals surface area contributed by atoms with Gasteiger partial charge in [0.1, 0.15) is 11.9 Å². The number of nitrogens with one attached hydrogen (secondary N) is 1. The Hall–Kier alpha value is -2.41. The van der Waals surface area contributed by atoms with E-state index in [9.17, 15) is 17.6 Å². The van der Waals surface area contributed by atoms with Crippen LogP contribution in [-0.4, -0.2) is 26.6 Å². The monoisotopic (exact) mass is 392 g/mol. The maximum absolute atomic E-state index is 13.2. The van der Waals surface area contributed by atoms with Gasteiger partial charge in [0, 0.05) is 5.69 Å². The Morgan fingerprint density at radius 2 is 1.59 bits per heavy atom. The molecule has 2 rings (SSSR count). The molecule has 0 bridgehead atoms. The van der Waals surface area contributed by atoms with Gasteiger partial charge in [0.2, 0.25) is 15.9 Å². The predicted molar refractivity (Wildman–Crippen MR) is 107 cm³/mol. The topological polar surface area (TPSA) is 66.5 Å². The van der Waals surface area contributed by atoms with Crippen LogP contribution in [0.4, 0.5) is 15.8 Å². The summed E-state index contributed by atoms with van der Waals surface area (Å²) in [7, 11) is -3.75. The zero-order valence-corrected chi connectivity index (χ0v) is 16.8. The van der Waals surface area contributed by atoms with Gasteiger partial charge in [-0.15, -0.1) is 0 Å². The summed E-state index contributed by atoms with van der Waals surface area (Å²) in [6, 6.07) is 9.84. The van der Waals surface area contributed by atoms with Crippen LogP contribution < -0.4 is 9.62 Å². The minimum Gasteiger partial charge on any atom is -0.324 e. The summed E-state index contributed by atoms with van der Waals surface area (Å²) < 4.78 is 38.8. The van der Waals surface area contributed by atoms with Crippen LogP contribution in [0.15, 0.2) is 42.5 Å². The fourth-order valence-corrected chi connectivity index (χ4v) is 4.20. The van der Waals surface area contributed by atoms with Crippen molar-refractivity contribution in [2.45, 2.75) is 39.7 Å². The molecular formula is C20H25FN2O3S. The number of hydrogen-bond acceptors (Lipinski definition) is 3. The molecule has 1 N–H and O–H groups in total. The van der Waals surface area contributed by atoms with Crippen molar-refractivity contribution in [1.82, 2.24) is 0 Å². The minimum absolute atomic E-state index is 0.237. The number of hydrogen-bond donors (Lipinski definition) is 1. The van der Waals surface area contributed by atoms with E-state index in [2.05, 4.69) is 5.32 Å². The lowest BCUT2D eigenvalue weighted by molar-refractivity contribution is -0.116. The van der Waals surface area contributed by atoms with Crippen molar-refractivity contribution in [3.05, 3.63) is 59.4 Å². The molecule has 0 aliphatic carbocycles. The third kappa shape index (κ3) is 4.86. The standard InChI is InChI=1S/C20H25FN2O3S/c1-5-15-8-7-9-16(6-2)19(15)22-20(24)14(3)23(27(4,25)26)18-12-10-17(21)11-13-18/h7-14H,5-6H2,1-4H3,(H,22,24). The summed E-state index contributed by atoms with van der Waals surface area (Å²) in [5.74, 6) is -0.922. The molecule has 5 nitrogen and oxygen atoms in total. The van der Waals surface area contributed by atoms with Gasteiger partial charge >= 0.3 is 0 Å². The average Bonchev–Trinajstić information content (AvgIpc) is 2.62. The number of aryl methyl sites for hydroxylation is 2. The fraction of sp³-hybridized carbons (Fsp3) is 0.350. The van der Waals surface area contributed by atoms with E-state index in [0.717, 1.165) is 40.2 Å². The number of para-hydroxylation sites is 1. The van der Waals surface area contributed by atoms with Crippen LogP contribution in [0.5, 0.6) is 0 Å². The number of rotatable bonds is 7. The molecule has 0 spiro atoms. The molecule has 27 heavy (non-hydrogen) atoms. The van der Waals surface area contributed by atoms with Crippen molar-refractivity contribution in [3.63, 3.8) is 0 Å². The second-order valence-corrected chi connectivity index (χ2v) is 8.22. The van der Waals surface area contributed by atoms with Gasteiger partial charge < -0.3 is 5.32 Å². The first-order valence-corrected chi connectivity index (χ1v) is 10.7. The highest BCUT2D eigenvalue weighted by molar-refractivity contribution is 7.92. The van der Waals surface area contributed by atoms with Crippen molar-refractivity contribution >= 4 is 27.3 Å². The zero-order valence-electron chi connectivity index (χ0n) is 16.0. The maximum atomic E-state index is 13.2. The van der Waals surface area contributed by atoms with Gasteiger partial charge in [-0.1, -0.05) is 32.0 Å². The van der Waals surface area contributed by atoms with Gasteiger partial charge in [-0.2, -0.15) is 0 Å². The summed E-state index contributed by atoms with van der Waals surface area (Å²) in [6.45, 7) is 5.50. The van der Waals surface area contributed by atoms with Gasteiger partial charge in [0.05, 0.1) is 11.9 Å². The molecule has 146 valence electrons. The van der Waals surface area contributed by atoms with E-state index in [-0.39, 0.29) is 5.69 Å². The number of carbonyl (C=O) groups is 1. The van der Waals surface area contributed by atoms with Gasteiger partial charge in [-0.3, -0.25) is 9.10 Å². The molecule has 0 fully saturated rings. The normalized spacial score (nSPS) is 12.5. The molecule has 0 heterocycles. The average molecular weight is 392 g/mol. The highest BCUT2D eigenvalue weighted by atomic mass is 32.2. The fourth-order valence-electron chi connectivity index (χ4n) is 3.03. The molecule has 0 saturated carbocycles. The molecule has 2 aromatic rings. The zero-order chi connectivity index (χ0) is 20.2. The summed E-state index contributed by atoms with van der Waals surface area (Å²) in [5, 5.41) is 2.90. The number of nitrogens with zero attached hydrogens (tertiary/aromatic N) is 1. The van der Waals surface area contributed by atoms with E-state index >= 15 is 0 Å². The predicted octanol–water partition coefficient (Wildman–Crippen LogP) is 3.74. The van der Waals surface area contributed by atoms with Crippen molar-refractivity contribution in [2.75, 3.05) is 15.9 Å². The number of anilines is 2. The van der Waals surface area contributed by atoms with Gasteiger partial charge in [0.15, 0.2) is 0 Å². The highest BCUT2D eigenvalue weighted by Crippen LogP contribution is 2.25. The molecule has 2 aromatic carbocycles. The van der Waals surface area contributed by atoms with Gasteiger partial charge in [-0.05, 0) is 55.2 Å². The van der Waals surface area contributed by atoms with E-state index in [4.69, 9.17) is 0 Å². The van der Waals surface area contributed by atoms with Crippen molar-refractivity contribution in [2.24, 2.45) is 0 Å². The molecule has 0 saturated heterocycles. The number of sulfonamides is 1. The Bertz CT molecular complexity index is 889. The SMILES string of the molecule is CCc1cccc(CC)c1NC(=O)C(C)N(c1ccc(F)cc1)S(C)(=O)=O. The Balaban J connectivity index is 2.38. The summed E-state index contributed by atoms with van der Waals surface area (Å²) in [4.78, 5) is 12.9. The lowest BCUT2D eigenvalue weighted by atomic mass is 10.0. The van der Waals surface area contributed by atoms with E-state index in [1.807, 2.05) is 32.0 Å². The first-order chi connectivity index (χ1) is 12.7. The number of halogens is 1. The molecule has 0 aliphatic rings. The van der Waals surface area contributed by atoms with E-state index in [0.29, 0.717) is 0 Å². The largest absolute Gasteiger partial charge is 0.324 e. The van der Waals surface area contributed by atoms with Crippen LogP contribution in [-0.2, 0) is 27.7 Å². The molecule has 7 heteroatoms. The third-order valence-electron chi connectivity index (χ3n) is 4.42. The van der Waals surface area contributed by atoms with Crippen LogP contribution >= 0.6 is 0 Å². The molecule has 1 unspecified atom stereocenters. The second-order valence-electron chi connectivity index (χ2n) is 6.36. The quantitative estimate of drug-likeness (QED) is 0.780. The Morgan fingerprint density at radius 1 is 1.07 bits per heavy atom. The Kier molecular flexibility index (Phi) is 6.59. The number of amides is 1. The number of benzene rings is 2. The van der Waals surface area contributed by atoms with E-state index in [1.54, 1.807) is 0 Å². The molecule has 0 radical (unpaired) electrons. The number of carbonyl (C=O) groups excluding carboxylic acids is 1. The van der Waals surface area contributed by atoms with E-state index < -0.39 is 27.8 Å². The van der Waals surface area contributed by atoms with Crippen LogP contribution in [0, 0.1) is 5.82 Å². The van der Waals surface area contributed by atoms with Crippen molar-refractivity contribution in [1.29, 1.82) is 0 Å². The summed E-state index contributed by atoms with van der Waals surface area (Å²) in [6.07, 6.45) is 2.51. The first kappa shape index (κ1) is 20.9. The van der Waals surface area contributed by atoms with E-state index in [1.165, 1.54) is 31.2 Å². The Labute approximate surface area is 160 Å². The molecule has 0 aliphatic heterocycles. The van der Waals surface area contributed by atoms with Gasteiger partial charge in [-0.25, -0.2) is 12.8 Å². The van der Waals surface area contributed by atoms with Gasteiger partial charge in [0.25, 0.3) is 0 Å². The molecule has 1 atom stereocenters. The highest BCUT2D eigenvalue weighted by Gasteiger charge is 2.29.